The zero-order valence-corrected chi connectivity index (χ0v) is 16.2. The van der Waals surface area contributed by atoms with E-state index >= 15 is 0 Å². The van der Waals surface area contributed by atoms with Crippen molar-refractivity contribution < 1.29 is 19.4 Å². The van der Waals surface area contributed by atoms with Gasteiger partial charge in [-0.15, -0.1) is 0 Å². The minimum atomic E-state index is -1.01. The predicted octanol–water partition coefficient (Wildman–Crippen LogP) is 3.86. The largest absolute Gasteiger partial charge is 0.493 e. The van der Waals surface area contributed by atoms with E-state index < -0.39 is 5.97 Å². The van der Waals surface area contributed by atoms with Crippen molar-refractivity contribution in [1.29, 1.82) is 0 Å². The van der Waals surface area contributed by atoms with Crippen molar-refractivity contribution in [2.75, 3.05) is 14.2 Å². The van der Waals surface area contributed by atoms with E-state index in [0.717, 1.165) is 12.8 Å². The first-order valence-electron chi connectivity index (χ1n) is 9.56. The highest BCUT2D eigenvalue weighted by Gasteiger charge is 2.25. The summed E-state index contributed by atoms with van der Waals surface area (Å²) in [5.74, 6) is 0.248. The van der Waals surface area contributed by atoms with Crippen molar-refractivity contribution in [3.63, 3.8) is 0 Å². The molecule has 1 fully saturated rings. The van der Waals surface area contributed by atoms with Crippen LogP contribution in [-0.2, 0) is 13.0 Å². The Hall–Kier alpha value is -2.50. The molecule has 1 aliphatic carbocycles. The van der Waals surface area contributed by atoms with Crippen molar-refractivity contribution >= 4 is 16.7 Å². The molecule has 27 heavy (non-hydrogen) atoms. The van der Waals surface area contributed by atoms with Gasteiger partial charge in [0.05, 0.1) is 25.2 Å². The maximum absolute atomic E-state index is 13.1. The number of aromatic nitrogens is 1. The van der Waals surface area contributed by atoms with Crippen molar-refractivity contribution in [2.45, 2.75) is 52.0 Å². The number of nitrogens with zero attached hydrogens (tertiary/aromatic N) is 1. The molecule has 3 rings (SSSR count). The number of carbonyl (C=O) groups is 1. The lowest BCUT2D eigenvalue weighted by molar-refractivity contribution is 0.0696. The molecular formula is C21H27NO5. The molecule has 1 heterocycles. The lowest BCUT2D eigenvalue weighted by Crippen LogP contribution is -2.28. The Bertz CT molecular complexity index is 909. The number of hydrogen-bond donors (Lipinski definition) is 1. The Balaban J connectivity index is 2.30. The van der Waals surface area contributed by atoms with E-state index in [9.17, 15) is 14.7 Å². The van der Waals surface area contributed by atoms with Gasteiger partial charge in [-0.1, -0.05) is 32.1 Å². The van der Waals surface area contributed by atoms with E-state index in [1.807, 2.05) is 6.92 Å². The zero-order chi connectivity index (χ0) is 19.6. The molecule has 146 valence electrons. The maximum Gasteiger partial charge on any atom is 0.338 e. The summed E-state index contributed by atoms with van der Waals surface area (Å²) in [7, 11) is 3.00. The fraction of sp³-hybridized carbons (Fsp3) is 0.524. The van der Waals surface area contributed by atoms with Gasteiger partial charge in [0.2, 0.25) is 0 Å². The van der Waals surface area contributed by atoms with Gasteiger partial charge in [-0.25, -0.2) is 4.79 Å². The molecule has 1 N–H and O–H groups in total. The smallest absolute Gasteiger partial charge is 0.338 e. The van der Waals surface area contributed by atoms with Crippen LogP contribution >= 0.6 is 0 Å². The Labute approximate surface area is 158 Å². The zero-order valence-electron chi connectivity index (χ0n) is 16.2. The topological polar surface area (TPSA) is 77.8 Å². The second-order valence-electron chi connectivity index (χ2n) is 7.14. The molecule has 0 bridgehead atoms. The summed E-state index contributed by atoms with van der Waals surface area (Å²) >= 11 is 0. The van der Waals surface area contributed by atoms with Gasteiger partial charge in [0.15, 0.2) is 11.5 Å². The van der Waals surface area contributed by atoms with E-state index in [1.54, 1.807) is 16.7 Å². The van der Waals surface area contributed by atoms with E-state index in [2.05, 4.69) is 0 Å². The molecule has 2 aromatic rings. The van der Waals surface area contributed by atoms with E-state index in [4.69, 9.17) is 9.47 Å². The van der Waals surface area contributed by atoms with Crippen LogP contribution in [0.25, 0.3) is 10.8 Å². The summed E-state index contributed by atoms with van der Waals surface area (Å²) < 4.78 is 12.3. The standard InChI is InChI=1S/C21H27NO5/c1-4-22-16(10-13-8-6-5-7-9-13)19(21(24)25)14-11-17(26-2)18(27-3)12-15(14)20(22)23/h11-13H,4-10H2,1-3H3,(H,24,25). The number of hydrogen-bond acceptors (Lipinski definition) is 4. The van der Waals surface area contributed by atoms with Gasteiger partial charge < -0.3 is 19.1 Å². The van der Waals surface area contributed by atoms with Crippen LogP contribution in [0.5, 0.6) is 11.5 Å². The predicted molar refractivity (Wildman–Crippen MR) is 104 cm³/mol. The molecule has 0 aliphatic heterocycles. The highest BCUT2D eigenvalue weighted by atomic mass is 16.5. The molecule has 1 aliphatic rings. The maximum atomic E-state index is 13.1. The molecule has 6 nitrogen and oxygen atoms in total. The van der Waals surface area contributed by atoms with Crippen LogP contribution in [0.4, 0.5) is 0 Å². The first kappa shape index (κ1) is 19.3. The molecule has 0 saturated heterocycles. The molecule has 1 aromatic heterocycles. The first-order valence-corrected chi connectivity index (χ1v) is 9.56. The van der Waals surface area contributed by atoms with Gasteiger partial charge in [0.25, 0.3) is 5.56 Å². The number of carboxylic acids is 1. The average molecular weight is 373 g/mol. The van der Waals surface area contributed by atoms with Crippen molar-refractivity contribution in [2.24, 2.45) is 5.92 Å². The molecule has 0 unspecified atom stereocenters. The van der Waals surface area contributed by atoms with Crippen molar-refractivity contribution in [3.8, 4) is 11.5 Å². The van der Waals surface area contributed by atoms with Crippen LogP contribution < -0.4 is 15.0 Å². The minimum absolute atomic E-state index is 0.177. The summed E-state index contributed by atoms with van der Waals surface area (Å²) in [6, 6.07) is 3.20. The summed E-state index contributed by atoms with van der Waals surface area (Å²) in [5.41, 5.74) is 0.656. The van der Waals surface area contributed by atoms with Crippen LogP contribution in [-0.4, -0.2) is 29.9 Å². The van der Waals surface area contributed by atoms with Crippen LogP contribution in [0.15, 0.2) is 16.9 Å². The monoisotopic (exact) mass is 373 g/mol. The summed E-state index contributed by atoms with van der Waals surface area (Å²) in [4.78, 5) is 25.4. The van der Waals surface area contributed by atoms with Crippen LogP contribution in [0, 0.1) is 5.92 Å². The van der Waals surface area contributed by atoms with Gasteiger partial charge in [0, 0.05) is 17.6 Å². The second kappa shape index (κ2) is 8.03. The molecular weight excluding hydrogens is 346 g/mol. The first-order chi connectivity index (χ1) is 13.0. The molecule has 0 atom stereocenters. The normalized spacial score (nSPS) is 15.1. The molecule has 6 heteroatoms. The summed E-state index contributed by atoms with van der Waals surface area (Å²) in [6.45, 7) is 2.31. The Morgan fingerprint density at radius 1 is 1.11 bits per heavy atom. The quantitative estimate of drug-likeness (QED) is 0.832. The third-order valence-electron chi connectivity index (χ3n) is 5.62. The SMILES string of the molecule is CCn1c(CC2CCCCC2)c(C(=O)O)c2cc(OC)c(OC)cc2c1=O. The fourth-order valence-corrected chi connectivity index (χ4v) is 4.27. The number of rotatable bonds is 6. The number of benzene rings is 1. The number of pyridine rings is 1. The van der Waals surface area contributed by atoms with E-state index in [-0.39, 0.29) is 11.1 Å². The number of fused-ring (bicyclic) bond motifs is 1. The van der Waals surface area contributed by atoms with Gasteiger partial charge in [-0.3, -0.25) is 4.79 Å². The number of ether oxygens (including phenoxy) is 2. The van der Waals surface area contributed by atoms with Crippen LogP contribution in [0.1, 0.15) is 55.1 Å². The summed E-state index contributed by atoms with van der Waals surface area (Å²) in [6.07, 6.45) is 6.36. The Kier molecular flexibility index (Phi) is 5.73. The molecule has 0 radical (unpaired) electrons. The van der Waals surface area contributed by atoms with E-state index in [1.165, 1.54) is 33.5 Å². The Morgan fingerprint density at radius 3 is 2.22 bits per heavy atom. The second-order valence-corrected chi connectivity index (χ2v) is 7.14. The lowest BCUT2D eigenvalue weighted by Gasteiger charge is -2.25. The molecule has 1 aromatic carbocycles. The van der Waals surface area contributed by atoms with Crippen molar-refractivity contribution in [1.82, 2.24) is 4.57 Å². The van der Waals surface area contributed by atoms with Gasteiger partial charge >= 0.3 is 5.97 Å². The highest BCUT2D eigenvalue weighted by molar-refractivity contribution is 6.05. The summed E-state index contributed by atoms with van der Waals surface area (Å²) in [5, 5.41) is 10.8. The van der Waals surface area contributed by atoms with Gasteiger partial charge in [-0.05, 0) is 31.4 Å². The van der Waals surface area contributed by atoms with Crippen molar-refractivity contribution in [3.05, 3.63) is 33.7 Å². The third kappa shape index (κ3) is 3.53. The third-order valence-corrected chi connectivity index (χ3v) is 5.62. The molecule has 0 spiro atoms. The number of aromatic carboxylic acids is 1. The molecule has 1 saturated carbocycles. The van der Waals surface area contributed by atoms with E-state index in [0.29, 0.717) is 46.8 Å². The average Bonchev–Trinajstić information content (AvgIpc) is 2.68. The van der Waals surface area contributed by atoms with Gasteiger partial charge in [0.1, 0.15) is 0 Å². The lowest BCUT2D eigenvalue weighted by atomic mass is 9.84. The molecule has 0 amide bonds. The highest BCUT2D eigenvalue weighted by Crippen LogP contribution is 2.35. The van der Waals surface area contributed by atoms with Crippen LogP contribution in [0.2, 0.25) is 0 Å². The number of methoxy groups -OCH3 is 2. The minimum Gasteiger partial charge on any atom is -0.493 e. The van der Waals surface area contributed by atoms with Crippen LogP contribution in [0.3, 0.4) is 0 Å². The number of carboxylic acid groups (broad SMARTS) is 1. The van der Waals surface area contributed by atoms with Gasteiger partial charge in [-0.2, -0.15) is 0 Å². The fourth-order valence-electron chi connectivity index (χ4n) is 4.27. The Morgan fingerprint density at radius 2 is 1.70 bits per heavy atom.